The molecule has 0 aliphatic carbocycles. The van der Waals surface area contributed by atoms with E-state index in [0.717, 1.165) is 25.9 Å². The second kappa shape index (κ2) is 5.59. The van der Waals surface area contributed by atoms with Gasteiger partial charge in [0.25, 0.3) is 0 Å². The predicted octanol–water partition coefficient (Wildman–Crippen LogP) is 2.17. The number of likely N-dealkylation sites (tertiary alicyclic amines) is 1. The number of anilines is 1. The van der Waals surface area contributed by atoms with E-state index in [9.17, 15) is 4.79 Å². The van der Waals surface area contributed by atoms with E-state index >= 15 is 0 Å². The van der Waals surface area contributed by atoms with Crippen LogP contribution in [0.2, 0.25) is 5.02 Å². The van der Waals surface area contributed by atoms with Crippen molar-refractivity contribution < 1.29 is 9.53 Å². The number of nitrogens with zero attached hydrogens (tertiary/aromatic N) is 1. The van der Waals surface area contributed by atoms with Crippen LogP contribution in [0.25, 0.3) is 0 Å². The van der Waals surface area contributed by atoms with E-state index in [0.29, 0.717) is 16.3 Å². The molecule has 0 atom stereocenters. The largest absolute Gasteiger partial charge is 0.459 e. The molecule has 0 aromatic heterocycles. The minimum absolute atomic E-state index is 0.0104. The third kappa shape index (κ3) is 3.15. The lowest BCUT2D eigenvalue weighted by atomic mass is 10.1. The van der Waals surface area contributed by atoms with Crippen molar-refractivity contribution in [2.75, 3.05) is 25.9 Å². The maximum absolute atomic E-state index is 12.0. The Morgan fingerprint density at radius 1 is 1.44 bits per heavy atom. The summed E-state index contributed by atoms with van der Waals surface area (Å²) in [4.78, 5) is 14.2. The molecule has 0 unspecified atom stereocenters. The van der Waals surface area contributed by atoms with E-state index in [1.807, 2.05) is 0 Å². The molecule has 0 spiro atoms. The highest BCUT2D eigenvalue weighted by atomic mass is 35.5. The van der Waals surface area contributed by atoms with Gasteiger partial charge in [-0.1, -0.05) is 11.6 Å². The summed E-state index contributed by atoms with van der Waals surface area (Å²) in [5.74, 6) is -0.362. The number of esters is 1. The van der Waals surface area contributed by atoms with Crippen molar-refractivity contribution in [3.05, 3.63) is 28.8 Å². The maximum Gasteiger partial charge on any atom is 0.340 e. The molecular formula is C13H17ClN2O2. The number of piperidine rings is 1. The Bertz CT molecular complexity index is 443. The van der Waals surface area contributed by atoms with E-state index < -0.39 is 0 Å². The fraction of sp³-hybridized carbons (Fsp3) is 0.462. The van der Waals surface area contributed by atoms with Crippen LogP contribution in [0.5, 0.6) is 0 Å². The van der Waals surface area contributed by atoms with Gasteiger partial charge in [0.05, 0.1) is 5.56 Å². The minimum Gasteiger partial charge on any atom is -0.459 e. The van der Waals surface area contributed by atoms with Crippen molar-refractivity contribution in [2.45, 2.75) is 18.9 Å². The molecule has 4 nitrogen and oxygen atoms in total. The van der Waals surface area contributed by atoms with Gasteiger partial charge in [0.1, 0.15) is 6.10 Å². The van der Waals surface area contributed by atoms with E-state index in [-0.39, 0.29) is 12.1 Å². The number of nitrogens with two attached hydrogens (primary N) is 1. The number of carbonyl (C=O) groups is 1. The number of hydrogen-bond acceptors (Lipinski definition) is 4. The first-order chi connectivity index (χ1) is 8.56. The predicted molar refractivity (Wildman–Crippen MR) is 71.8 cm³/mol. The Balaban J connectivity index is 1.99. The van der Waals surface area contributed by atoms with Gasteiger partial charge in [-0.3, -0.25) is 0 Å². The molecule has 1 fully saturated rings. The molecule has 0 saturated carbocycles. The number of carbonyl (C=O) groups excluding carboxylic acids is 1. The molecule has 1 heterocycles. The molecule has 0 amide bonds. The van der Waals surface area contributed by atoms with Crippen LogP contribution in [0.3, 0.4) is 0 Å². The van der Waals surface area contributed by atoms with Gasteiger partial charge in [0.15, 0.2) is 0 Å². The van der Waals surface area contributed by atoms with Gasteiger partial charge in [0.2, 0.25) is 0 Å². The van der Waals surface area contributed by atoms with Crippen LogP contribution in [0.15, 0.2) is 18.2 Å². The van der Waals surface area contributed by atoms with Crippen molar-refractivity contribution in [3.63, 3.8) is 0 Å². The smallest absolute Gasteiger partial charge is 0.340 e. The van der Waals surface area contributed by atoms with E-state index in [1.54, 1.807) is 18.2 Å². The fourth-order valence-corrected chi connectivity index (χ4v) is 2.22. The summed E-state index contributed by atoms with van der Waals surface area (Å²) in [6.45, 7) is 1.90. The Labute approximate surface area is 112 Å². The number of rotatable bonds is 2. The zero-order valence-corrected chi connectivity index (χ0v) is 11.1. The molecule has 1 saturated heterocycles. The fourth-order valence-electron chi connectivity index (χ4n) is 2.04. The van der Waals surface area contributed by atoms with E-state index in [4.69, 9.17) is 22.1 Å². The average Bonchev–Trinajstić information content (AvgIpc) is 2.32. The Morgan fingerprint density at radius 3 is 2.72 bits per heavy atom. The third-order valence-electron chi connectivity index (χ3n) is 3.17. The van der Waals surface area contributed by atoms with E-state index in [1.165, 1.54) is 0 Å². The molecule has 1 aliphatic rings. The summed E-state index contributed by atoms with van der Waals surface area (Å²) in [7, 11) is 2.06. The van der Waals surface area contributed by atoms with Crippen molar-refractivity contribution in [1.82, 2.24) is 4.90 Å². The molecule has 1 aliphatic heterocycles. The highest BCUT2D eigenvalue weighted by molar-refractivity contribution is 6.31. The maximum atomic E-state index is 12.0. The lowest BCUT2D eigenvalue weighted by molar-refractivity contribution is 0.0140. The highest BCUT2D eigenvalue weighted by Gasteiger charge is 2.22. The summed E-state index contributed by atoms with van der Waals surface area (Å²) in [5, 5.41) is 0.517. The van der Waals surface area contributed by atoms with E-state index in [2.05, 4.69) is 11.9 Å². The van der Waals surface area contributed by atoms with Crippen LogP contribution in [-0.2, 0) is 4.74 Å². The molecule has 0 bridgehead atoms. The molecule has 2 N–H and O–H groups in total. The molecule has 0 radical (unpaired) electrons. The van der Waals surface area contributed by atoms with Gasteiger partial charge >= 0.3 is 5.97 Å². The van der Waals surface area contributed by atoms with Gasteiger partial charge in [0, 0.05) is 23.8 Å². The molecule has 5 heteroatoms. The number of nitrogen functional groups attached to an aromatic ring is 1. The first kappa shape index (κ1) is 13.2. The van der Waals surface area contributed by atoms with Crippen LogP contribution in [0.1, 0.15) is 23.2 Å². The first-order valence-electron chi connectivity index (χ1n) is 6.01. The van der Waals surface area contributed by atoms with Crippen LogP contribution < -0.4 is 5.73 Å². The van der Waals surface area contributed by atoms with Crippen LogP contribution in [0, 0.1) is 0 Å². The molecule has 18 heavy (non-hydrogen) atoms. The Morgan fingerprint density at radius 2 is 2.11 bits per heavy atom. The van der Waals surface area contributed by atoms with Gasteiger partial charge < -0.3 is 15.4 Å². The number of benzene rings is 1. The third-order valence-corrected chi connectivity index (χ3v) is 3.41. The molecular weight excluding hydrogens is 252 g/mol. The first-order valence-corrected chi connectivity index (χ1v) is 6.38. The van der Waals surface area contributed by atoms with Gasteiger partial charge in [-0.25, -0.2) is 4.79 Å². The van der Waals surface area contributed by atoms with Crippen LogP contribution in [-0.4, -0.2) is 37.1 Å². The SMILES string of the molecule is CN1CCC(OC(=O)c2ccc(Cl)cc2N)CC1. The van der Waals surface area contributed by atoms with Crippen LogP contribution in [0.4, 0.5) is 5.69 Å². The standard InChI is InChI=1S/C13H17ClN2O2/c1-16-6-4-10(5-7-16)18-13(17)11-3-2-9(14)8-12(11)15/h2-3,8,10H,4-7,15H2,1H3. The lowest BCUT2D eigenvalue weighted by Gasteiger charge is -2.28. The molecule has 98 valence electrons. The van der Waals surface area contributed by atoms with Gasteiger partial charge in [-0.2, -0.15) is 0 Å². The summed E-state index contributed by atoms with van der Waals surface area (Å²) >= 11 is 5.79. The topological polar surface area (TPSA) is 55.6 Å². The average molecular weight is 269 g/mol. The second-order valence-electron chi connectivity index (χ2n) is 4.64. The monoisotopic (exact) mass is 268 g/mol. The molecule has 2 rings (SSSR count). The Kier molecular flexibility index (Phi) is 4.09. The molecule has 1 aromatic rings. The quantitative estimate of drug-likeness (QED) is 0.660. The summed E-state index contributed by atoms with van der Waals surface area (Å²) in [6.07, 6.45) is 1.73. The normalized spacial score (nSPS) is 17.7. The Hall–Kier alpha value is -1.26. The lowest BCUT2D eigenvalue weighted by Crippen LogP contribution is -2.35. The summed E-state index contributed by atoms with van der Waals surface area (Å²) in [5.41, 5.74) is 6.50. The number of halogens is 1. The van der Waals surface area contributed by atoms with Gasteiger partial charge in [-0.05, 0) is 38.1 Å². The number of hydrogen-bond donors (Lipinski definition) is 1. The summed E-state index contributed by atoms with van der Waals surface area (Å²) < 4.78 is 5.46. The highest BCUT2D eigenvalue weighted by Crippen LogP contribution is 2.21. The molecule has 1 aromatic carbocycles. The van der Waals surface area contributed by atoms with Crippen molar-refractivity contribution >= 4 is 23.3 Å². The number of ether oxygens (including phenoxy) is 1. The van der Waals surface area contributed by atoms with Crippen molar-refractivity contribution in [2.24, 2.45) is 0 Å². The zero-order chi connectivity index (χ0) is 13.1. The van der Waals surface area contributed by atoms with Crippen molar-refractivity contribution in [1.29, 1.82) is 0 Å². The zero-order valence-electron chi connectivity index (χ0n) is 10.4. The second-order valence-corrected chi connectivity index (χ2v) is 5.08. The minimum atomic E-state index is -0.362. The van der Waals surface area contributed by atoms with Crippen molar-refractivity contribution in [3.8, 4) is 0 Å². The van der Waals surface area contributed by atoms with Gasteiger partial charge in [-0.15, -0.1) is 0 Å². The summed E-state index contributed by atoms with van der Waals surface area (Å²) in [6, 6.07) is 4.81. The van der Waals surface area contributed by atoms with Crippen LogP contribution >= 0.6 is 11.6 Å².